The molecule has 1 N–H and O–H groups in total. The number of aliphatic hydroxyl groups is 1. The van der Waals surface area contributed by atoms with E-state index in [1.54, 1.807) is 0 Å². The summed E-state index contributed by atoms with van der Waals surface area (Å²) in [5.41, 5.74) is 1.19. The molecule has 0 saturated carbocycles. The van der Waals surface area contributed by atoms with Crippen LogP contribution in [0, 0.1) is 11.6 Å². The van der Waals surface area contributed by atoms with E-state index in [0.717, 1.165) is 30.1 Å². The molecule has 1 aromatic carbocycles. The number of fused-ring (bicyclic) bond motifs is 1. The fourth-order valence-electron chi connectivity index (χ4n) is 2.21. The molecule has 6 heteroatoms. The Morgan fingerprint density at radius 3 is 2.75 bits per heavy atom. The smallest absolute Gasteiger partial charge is 0.137 e. The molecule has 1 unspecified atom stereocenters. The summed E-state index contributed by atoms with van der Waals surface area (Å²) in [6, 6.07) is 4.02. The Morgan fingerprint density at radius 1 is 1.20 bits per heavy atom. The molecule has 1 aromatic heterocycles. The van der Waals surface area contributed by atoms with Gasteiger partial charge >= 0.3 is 0 Å². The van der Waals surface area contributed by atoms with E-state index in [1.807, 2.05) is 17.8 Å². The number of aliphatic hydroxyl groups excluding tert-OH is 1. The normalized spacial score (nSPS) is 16.0. The van der Waals surface area contributed by atoms with Crippen LogP contribution in [0.15, 0.2) is 22.7 Å². The molecular formula is C14H11BrF2OS2. The van der Waals surface area contributed by atoms with Crippen molar-refractivity contribution in [3.63, 3.8) is 0 Å². The van der Waals surface area contributed by atoms with Crippen molar-refractivity contribution in [1.29, 1.82) is 0 Å². The average molecular weight is 377 g/mol. The van der Waals surface area contributed by atoms with E-state index in [1.165, 1.54) is 21.8 Å². The minimum Gasteiger partial charge on any atom is -0.383 e. The molecule has 0 amide bonds. The number of benzene rings is 1. The highest BCUT2D eigenvalue weighted by molar-refractivity contribution is 9.10. The Balaban J connectivity index is 1.98. The summed E-state index contributed by atoms with van der Waals surface area (Å²) in [4.78, 5) is 1.92. The van der Waals surface area contributed by atoms with Gasteiger partial charge < -0.3 is 5.11 Å². The van der Waals surface area contributed by atoms with Crippen LogP contribution < -0.4 is 0 Å². The minimum absolute atomic E-state index is 0.0167. The second-order valence-electron chi connectivity index (χ2n) is 4.59. The highest BCUT2D eigenvalue weighted by atomic mass is 79.9. The fourth-order valence-corrected chi connectivity index (χ4v) is 4.90. The molecule has 0 radical (unpaired) electrons. The minimum atomic E-state index is -1.11. The topological polar surface area (TPSA) is 20.2 Å². The summed E-state index contributed by atoms with van der Waals surface area (Å²) in [5, 5.41) is 10.3. The highest BCUT2D eigenvalue weighted by Gasteiger charge is 2.22. The van der Waals surface area contributed by atoms with E-state index in [4.69, 9.17) is 0 Å². The van der Waals surface area contributed by atoms with E-state index < -0.39 is 17.7 Å². The largest absolute Gasteiger partial charge is 0.383 e. The van der Waals surface area contributed by atoms with Gasteiger partial charge in [-0.1, -0.05) is 0 Å². The molecule has 0 bridgehead atoms. The van der Waals surface area contributed by atoms with Gasteiger partial charge in [-0.05, 0) is 51.9 Å². The maximum absolute atomic E-state index is 13.9. The van der Waals surface area contributed by atoms with Crippen molar-refractivity contribution < 1.29 is 13.9 Å². The zero-order chi connectivity index (χ0) is 14.3. The van der Waals surface area contributed by atoms with E-state index in [-0.39, 0.29) is 10.0 Å². The summed E-state index contributed by atoms with van der Waals surface area (Å²) in [6.45, 7) is 0. The third-order valence-corrected chi connectivity index (χ3v) is 6.16. The van der Waals surface area contributed by atoms with E-state index in [9.17, 15) is 13.9 Å². The first-order valence-electron chi connectivity index (χ1n) is 6.08. The summed E-state index contributed by atoms with van der Waals surface area (Å²) >= 11 is 6.28. The van der Waals surface area contributed by atoms with Crippen LogP contribution in [0.4, 0.5) is 8.78 Å². The maximum atomic E-state index is 13.9. The second kappa shape index (κ2) is 5.75. The van der Waals surface area contributed by atoms with Gasteiger partial charge in [0.25, 0.3) is 0 Å². The fraction of sp³-hybridized carbons (Fsp3) is 0.286. The SMILES string of the molecule is OC(c1cc2c(s1)CCSC2)c1cc(F)c(Br)cc1F. The molecule has 3 rings (SSSR count). The molecule has 106 valence electrons. The number of thioether (sulfide) groups is 1. The van der Waals surface area contributed by atoms with Crippen LogP contribution in [0.3, 0.4) is 0 Å². The van der Waals surface area contributed by atoms with Crippen LogP contribution >= 0.6 is 39.0 Å². The highest BCUT2D eigenvalue weighted by Crippen LogP contribution is 2.37. The van der Waals surface area contributed by atoms with Crippen LogP contribution in [0.5, 0.6) is 0 Å². The quantitative estimate of drug-likeness (QED) is 0.769. The van der Waals surface area contributed by atoms with Gasteiger partial charge in [0.1, 0.15) is 17.7 Å². The van der Waals surface area contributed by atoms with Crippen molar-refractivity contribution >= 4 is 39.0 Å². The second-order valence-corrected chi connectivity index (χ2v) is 7.72. The Bertz CT molecular complexity index is 633. The number of thiophene rings is 1. The lowest BCUT2D eigenvalue weighted by Gasteiger charge is -2.11. The van der Waals surface area contributed by atoms with Gasteiger partial charge in [-0.15, -0.1) is 11.3 Å². The van der Waals surface area contributed by atoms with Gasteiger partial charge in [-0.2, -0.15) is 11.8 Å². The molecule has 1 atom stereocenters. The molecule has 1 nitrogen and oxygen atoms in total. The van der Waals surface area contributed by atoms with Gasteiger partial charge in [0.05, 0.1) is 4.47 Å². The van der Waals surface area contributed by atoms with Gasteiger partial charge in [0.2, 0.25) is 0 Å². The molecule has 20 heavy (non-hydrogen) atoms. The standard InChI is InChI=1S/C14H11BrF2OS2/c15-9-5-10(16)8(4-11(9)17)14(18)13-3-7-6-19-2-1-12(7)20-13/h3-5,14,18H,1-2,6H2. The molecule has 0 fully saturated rings. The summed E-state index contributed by atoms with van der Waals surface area (Å²) in [5.74, 6) is 0.823. The maximum Gasteiger partial charge on any atom is 0.137 e. The number of hydrogen-bond acceptors (Lipinski definition) is 3. The molecule has 0 aliphatic carbocycles. The number of hydrogen-bond donors (Lipinski definition) is 1. The first-order chi connectivity index (χ1) is 9.56. The Labute approximate surface area is 132 Å². The monoisotopic (exact) mass is 376 g/mol. The van der Waals surface area contributed by atoms with E-state index >= 15 is 0 Å². The Hall–Kier alpha value is -0.430. The van der Waals surface area contributed by atoms with Crippen LogP contribution in [0.1, 0.15) is 27.0 Å². The first kappa shape index (κ1) is 14.5. The van der Waals surface area contributed by atoms with Gasteiger partial charge in [-0.3, -0.25) is 0 Å². The molecule has 1 aliphatic heterocycles. The lowest BCUT2D eigenvalue weighted by Crippen LogP contribution is -2.02. The van der Waals surface area contributed by atoms with Crippen molar-refractivity contribution in [2.45, 2.75) is 18.3 Å². The van der Waals surface area contributed by atoms with Crippen LogP contribution in [-0.2, 0) is 12.2 Å². The van der Waals surface area contributed by atoms with Crippen LogP contribution in [-0.4, -0.2) is 10.9 Å². The van der Waals surface area contributed by atoms with Crippen LogP contribution in [0.25, 0.3) is 0 Å². The summed E-state index contributed by atoms with van der Waals surface area (Å²) < 4.78 is 27.5. The summed E-state index contributed by atoms with van der Waals surface area (Å²) in [7, 11) is 0. The predicted molar refractivity (Wildman–Crippen MR) is 82.3 cm³/mol. The zero-order valence-electron chi connectivity index (χ0n) is 10.3. The molecule has 0 spiro atoms. The van der Waals surface area contributed by atoms with Crippen molar-refractivity contribution in [3.8, 4) is 0 Å². The first-order valence-corrected chi connectivity index (χ1v) is 8.84. The third-order valence-electron chi connectivity index (χ3n) is 3.25. The van der Waals surface area contributed by atoms with E-state index in [0.29, 0.717) is 4.88 Å². The van der Waals surface area contributed by atoms with Crippen molar-refractivity contribution in [2.24, 2.45) is 0 Å². The van der Waals surface area contributed by atoms with E-state index in [2.05, 4.69) is 15.9 Å². The van der Waals surface area contributed by atoms with Crippen molar-refractivity contribution in [3.05, 3.63) is 55.2 Å². The van der Waals surface area contributed by atoms with Gasteiger partial charge in [0.15, 0.2) is 0 Å². The molecule has 0 saturated heterocycles. The number of halogens is 3. The van der Waals surface area contributed by atoms with Gasteiger partial charge in [-0.25, -0.2) is 8.78 Å². The molecular weight excluding hydrogens is 366 g/mol. The predicted octanol–water partition coefficient (Wildman–Crippen LogP) is 4.66. The lowest BCUT2D eigenvalue weighted by molar-refractivity contribution is 0.218. The lowest BCUT2D eigenvalue weighted by atomic mass is 10.1. The Kier molecular flexibility index (Phi) is 4.17. The summed E-state index contributed by atoms with van der Waals surface area (Å²) in [6.07, 6.45) is -0.132. The Morgan fingerprint density at radius 2 is 2.00 bits per heavy atom. The van der Waals surface area contributed by atoms with Gasteiger partial charge in [0, 0.05) is 21.1 Å². The van der Waals surface area contributed by atoms with Crippen LogP contribution in [0.2, 0.25) is 0 Å². The zero-order valence-corrected chi connectivity index (χ0v) is 13.5. The third kappa shape index (κ3) is 2.66. The molecule has 1 aliphatic rings. The van der Waals surface area contributed by atoms with Crippen molar-refractivity contribution in [2.75, 3.05) is 5.75 Å². The average Bonchev–Trinajstić information content (AvgIpc) is 2.86. The number of rotatable bonds is 2. The van der Waals surface area contributed by atoms with Crippen molar-refractivity contribution in [1.82, 2.24) is 0 Å². The number of aryl methyl sites for hydroxylation is 1. The molecule has 2 aromatic rings. The molecule has 2 heterocycles.